The largest absolute Gasteiger partial charge is 0.304 e. The number of aryl methyl sites for hydroxylation is 1. The lowest BCUT2D eigenvalue weighted by Gasteiger charge is -2.23. The highest BCUT2D eigenvalue weighted by molar-refractivity contribution is 6.02. The predicted molar refractivity (Wildman–Crippen MR) is 98.9 cm³/mol. The Bertz CT molecular complexity index is 875. The summed E-state index contributed by atoms with van der Waals surface area (Å²) in [6, 6.07) is 5.94. The van der Waals surface area contributed by atoms with Gasteiger partial charge in [0, 0.05) is 35.3 Å². The van der Waals surface area contributed by atoms with Crippen LogP contribution in [0.1, 0.15) is 54.3 Å². The summed E-state index contributed by atoms with van der Waals surface area (Å²) in [5.41, 5.74) is 3.29. The van der Waals surface area contributed by atoms with Crippen LogP contribution in [0.3, 0.4) is 0 Å². The Morgan fingerprint density at radius 2 is 2.04 bits per heavy atom. The van der Waals surface area contributed by atoms with Gasteiger partial charge in [-0.25, -0.2) is 0 Å². The zero-order valence-electron chi connectivity index (χ0n) is 14.8. The van der Waals surface area contributed by atoms with Crippen molar-refractivity contribution in [1.82, 2.24) is 25.0 Å². The Morgan fingerprint density at radius 1 is 1.19 bits per heavy atom. The van der Waals surface area contributed by atoms with E-state index in [0.29, 0.717) is 17.6 Å². The number of nitrogens with zero attached hydrogens (tertiary/aromatic N) is 4. The molecule has 0 aromatic carbocycles. The molecule has 1 aliphatic carbocycles. The lowest BCUT2D eigenvalue weighted by Crippen LogP contribution is -2.17. The maximum Gasteiger partial charge on any atom is 0.275 e. The monoisotopic (exact) mass is 350 g/mol. The SMILES string of the molecule is Cc1cc(NC(=O)c2ccc(-c3cn[nH]c3)cn2)nn1C1CCCCC1. The van der Waals surface area contributed by atoms with E-state index in [0.717, 1.165) is 29.7 Å². The van der Waals surface area contributed by atoms with Crippen molar-refractivity contribution in [2.24, 2.45) is 0 Å². The minimum atomic E-state index is -0.253. The molecule has 1 fully saturated rings. The number of aromatic amines is 1. The average Bonchev–Trinajstić information content (AvgIpc) is 3.32. The molecule has 0 aliphatic heterocycles. The number of rotatable bonds is 4. The molecule has 3 heterocycles. The molecular formula is C19H22N6O. The number of hydrogen-bond acceptors (Lipinski definition) is 4. The van der Waals surface area contributed by atoms with E-state index in [1.165, 1.54) is 19.3 Å². The summed E-state index contributed by atoms with van der Waals surface area (Å²) in [7, 11) is 0. The number of carbonyl (C=O) groups excluding carboxylic acids is 1. The Hall–Kier alpha value is -2.96. The number of anilines is 1. The van der Waals surface area contributed by atoms with Crippen LogP contribution in [0.4, 0.5) is 5.82 Å². The van der Waals surface area contributed by atoms with E-state index in [9.17, 15) is 4.79 Å². The standard InChI is InChI=1S/C19H22N6O/c1-13-9-18(24-25(13)16-5-3-2-4-6-16)23-19(26)17-8-7-14(10-20-17)15-11-21-22-12-15/h7-12,16H,2-6H2,1H3,(H,21,22)(H,23,24,26). The summed E-state index contributed by atoms with van der Waals surface area (Å²) in [5, 5.41) is 14.1. The molecule has 1 saturated carbocycles. The van der Waals surface area contributed by atoms with Crippen molar-refractivity contribution in [3.63, 3.8) is 0 Å². The number of H-pyrrole nitrogens is 1. The van der Waals surface area contributed by atoms with Crippen molar-refractivity contribution < 1.29 is 4.79 Å². The Morgan fingerprint density at radius 3 is 2.73 bits per heavy atom. The van der Waals surface area contributed by atoms with E-state index in [1.54, 1.807) is 24.7 Å². The molecule has 0 atom stereocenters. The van der Waals surface area contributed by atoms with Gasteiger partial charge in [-0.05, 0) is 25.8 Å². The molecular weight excluding hydrogens is 328 g/mol. The first-order valence-electron chi connectivity index (χ1n) is 9.03. The summed E-state index contributed by atoms with van der Waals surface area (Å²) < 4.78 is 2.06. The zero-order valence-corrected chi connectivity index (χ0v) is 14.8. The van der Waals surface area contributed by atoms with Crippen molar-refractivity contribution in [3.05, 3.63) is 48.2 Å². The van der Waals surface area contributed by atoms with E-state index >= 15 is 0 Å². The number of hydrogen-bond donors (Lipinski definition) is 2. The van der Waals surface area contributed by atoms with Crippen LogP contribution < -0.4 is 5.32 Å². The summed E-state index contributed by atoms with van der Waals surface area (Å²) >= 11 is 0. The topological polar surface area (TPSA) is 88.5 Å². The van der Waals surface area contributed by atoms with Gasteiger partial charge in [-0.1, -0.05) is 25.3 Å². The second-order valence-corrected chi connectivity index (χ2v) is 6.78. The number of aromatic nitrogens is 5. The van der Waals surface area contributed by atoms with Crippen molar-refractivity contribution in [2.75, 3.05) is 5.32 Å². The Kier molecular flexibility index (Phi) is 4.51. The van der Waals surface area contributed by atoms with Gasteiger partial charge in [-0.2, -0.15) is 10.2 Å². The number of carbonyl (C=O) groups is 1. The summed E-state index contributed by atoms with van der Waals surface area (Å²) in [4.78, 5) is 16.7. The number of amides is 1. The van der Waals surface area contributed by atoms with Crippen molar-refractivity contribution in [2.45, 2.75) is 45.1 Å². The van der Waals surface area contributed by atoms with Crippen LogP contribution in [0.25, 0.3) is 11.1 Å². The zero-order chi connectivity index (χ0) is 17.9. The highest BCUT2D eigenvalue weighted by Crippen LogP contribution is 2.29. The van der Waals surface area contributed by atoms with Gasteiger partial charge in [-0.15, -0.1) is 0 Å². The fourth-order valence-electron chi connectivity index (χ4n) is 3.53. The van der Waals surface area contributed by atoms with Gasteiger partial charge in [-0.3, -0.25) is 19.6 Å². The third kappa shape index (κ3) is 3.37. The molecule has 7 heteroatoms. The first-order valence-corrected chi connectivity index (χ1v) is 9.03. The number of nitrogens with one attached hydrogen (secondary N) is 2. The quantitative estimate of drug-likeness (QED) is 0.750. The summed E-state index contributed by atoms with van der Waals surface area (Å²) in [6.07, 6.45) is 11.3. The predicted octanol–water partition coefficient (Wildman–Crippen LogP) is 3.73. The van der Waals surface area contributed by atoms with E-state index in [-0.39, 0.29) is 5.91 Å². The molecule has 0 saturated heterocycles. The van der Waals surface area contributed by atoms with Gasteiger partial charge in [0.2, 0.25) is 0 Å². The molecule has 1 aliphatic rings. The molecule has 4 rings (SSSR count). The molecule has 26 heavy (non-hydrogen) atoms. The third-order valence-electron chi connectivity index (χ3n) is 4.91. The molecule has 0 unspecified atom stereocenters. The average molecular weight is 350 g/mol. The van der Waals surface area contributed by atoms with Crippen LogP contribution in [-0.2, 0) is 0 Å². The van der Waals surface area contributed by atoms with Crippen molar-refractivity contribution in [1.29, 1.82) is 0 Å². The Labute approximate surface area is 151 Å². The summed E-state index contributed by atoms with van der Waals surface area (Å²) in [6.45, 7) is 2.04. The van der Waals surface area contributed by atoms with E-state index in [4.69, 9.17) is 0 Å². The van der Waals surface area contributed by atoms with Gasteiger partial charge in [0.1, 0.15) is 5.69 Å². The van der Waals surface area contributed by atoms with Crippen LogP contribution >= 0.6 is 0 Å². The number of pyridine rings is 1. The fraction of sp³-hybridized carbons (Fsp3) is 0.368. The molecule has 3 aromatic rings. The van der Waals surface area contributed by atoms with Gasteiger partial charge in [0.25, 0.3) is 5.91 Å². The first kappa shape index (κ1) is 16.5. The molecule has 1 amide bonds. The normalized spacial score (nSPS) is 15.1. The van der Waals surface area contributed by atoms with Crippen molar-refractivity contribution >= 4 is 11.7 Å². The maximum absolute atomic E-state index is 12.5. The maximum atomic E-state index is 12.5. The molecule has 2 N–H and O–H groups in total. The molecule has 3 aromatic heterocycles. The van der Waals surface area contributed by atoms with Crippen LogP contribution in [0.2, 0.25) is 0 Å². The molecule has 134 valence electrons. The smallest absolute Gasteiger partial charge is 0.275 e. The minimum Gasteiger partial charge on any atom is -0.304 e. The summed E-state index contributed by atoms with van der Waals surface area (Å²) in [5.74, 6) is 0.329. The minimum absolute atomic E-state index is 0.253. The van der Waals surface area contributed by atoms with Gasteiger partial charge in [0.05, 0.1) is 12.2 Å². The molecule has 7 nitrogen and oxygen atoms in total. The van der Waals surface area contributed by atoms with Crippen LogP contribution in [0.15, 0.2) is 36.8 Å². The highest BCUT2D eigenvalue weighted by Gasteiger charge is 2.19. The highest BCUT2D eigenvalue weighted by atomic mass is 16.2. The fourth-order valence-corrected chi connectivity index (χ4v) is 3.53. The van der Waals surface area contributed by atoms with Crippen molar-refractivity contribution in [3.8, 4) is 11.1 Å². The van der Waals surface area contributed by atoms with E-state index in [2.05, 4.69) is 30.3 Å². The molecule has 0 spiro atoms. The van der Waals surface area contributed by atoms with Gasteiger partial charge in [0.15, 0.2) is 5.82 Å². The molecule has 0 bridgehead atoms. The lowest BCUT2D eigenvalue weighted by molar-refractivity contribution is 0.102. The third-order valence-corrected chi connectivity index (χ3v) is 4.91. The van der Waals surface area contributed by atoms with E-state index in [1.807, 2.05) is 19.1 Å². The Balaban J connectivity index is 1.46. The van der Waals surface area contributed by atoms with Crippen LogP contribution in [0.5, 0.6) is 0 Å². The van der Waals surface area contributed by atoms with E-state index < -0.39 is 0 Å². The second-order valence-electron chi connectivity index (χ2n) is 6.78. The second kappa shape index (κ2) is 7.11. The first-order chi connectivity index (χ1) is 12.7. The van der Waals surface area contributed by atoms with Crippen LogP contribution in [-0.4, -0.2) is 30.9 Å². The molecule has 0 radical (unpaired) electrons. The van der Waals surface area contributed by atoms with Crippen LogP contribution in [0, 0.1) is 6.92 Å². The van der Waals surface area contributed by atoms with Gasteiger partial charge >= 0.3 is 0 Å². The van der Waals surface area contributed by atoms with Gasteiger partial charge < -0.3 is 5.32 Å². The lowest BCUT2D eigenvalue weighted by atomic mass is 9.95.